The second-order valence-electron chi connectivity index (χ2n) is 8.26. The van der Waals surface area contributed by atoms with Crippen LogP contribution in [0.1, 0.15) is 43.0 Å². The molecular weight excluding hydrogens is 447 g/mol. The monoisotopic (exact) mass is 471 g/mol. The minimum Gasteiger partial charge on any atom is -0.467 e. The third kappa shape index (κ3) is 3.87. The van der Waals surface area contributed by atoms with Gasteiger partial charge in [0.15, 0.2) is 9.84 Å². The average molecular weight is 472 g/mol. The predicted octanol–water partition coefficient (Wildman–Crippen LogP) is 3.53. The average Bonchev–Trinajstić information content (AvgIpc) is 3.29. The molecule has 32 heavy (non-hydrogen) atoms. The number of hydrogen-bond acceptors (Lipinski definition) is 6. The Morgan fingerprint density at radius 3 is 2.50 bits per heavy atom. The number of nitrogens with zero attached hydrogens (tertiary/aromatic N) is 3. The van der Waals surface area contributed by atoms with Crippen molar-refractivity contribution in [1.82, 2.24) is 9.78 Å². The molecule has 2 fully saturated rings. The Morgan fingerprint density at radius 1 is 1.22 bits per heavy atom. The Labute approximate surface area is 184 Å². The summed E-state index contributed by atoms with van der Waals surface area (Å²) < 4.78 is 73.8. The Balaban J connectivity index is 1.74. The highest BCUT2D eigenvalue weighted by atomic mass is 32.2. The van der Waals surface area contributed by atoms with Gasteiger partial charge in [0.2, 0.25) is 0 Å². The summed E-state index contributed by atoms with van der Waals surface area (Å²) in [5.41, 5.74) is -0.493. The minimum atomic E-state index is -4.82. The maximum Gasteiger partial charge on any atom is 0.417 e. The molecule has 1 aromatic carbocycles. The van der Waals surface area contributed by atoms with Gasteiger partial charge in [-0.3, -0.25) is 0 Å². The molecule has 0 unspecified atom stereocenters. The van der Waals surface area contributed by atoms with Crippen molar-refractivity contribution in [3.05, 3.63) is 41.6 Å². The molecule has 0 radical (unpaired) electrons. The fourth-order valence-corrected chi connectivity index (χ4v) is 6.29. The first-order valence-corrected chi connectivity index (χ1v) is 11.9. The molecule has 7 nitrogen and oxygen atoms in total. The van der Waals surface area contributed by atoms with Crippen molar-refractivity contribution in [2.45, 2.75) is 61.0 Å². The summed E-state index contributed by atoms with van der Waals surface area (Å²) in [6.45, 7) is 1.67. The fraction of sp³-hybridized carbons (Fsp3) is 0.524. The highest BCUT2D eigenvalue weighted by Gasteiger charge is 2.47. The SMILES string of the molecule is COC(=O)[C@H]1C[C@@H](S(=O)(=O)c2ccccc2C(F)(F)F)CN1c1cc(C)nn1C1CCC1. The number of halogens is 3. The van der Waals surface area contributed by atoms with Crippen molar-refractivity contribution in [2.75, 3.05) is 18.6 Å². The maximum absolute atomic E-state index is 13.5. The Kier molecular flexibility index (Phi) is 5.72. The molecule has 1 saturated heterocycles. The molecule has 1 aromatic heterocycles. The zero-order valence-electron chi connectivity index (χ0n) is 17.7. The van der Waals surface area contributed by atoms with E-state index in [1.807, 2.05) is 0 Å². The number of aromatic nitrogens is 2. The van der Waals surface area contributed by atoms with Crippen molar-refractivity contribution >= 4 is 21.6 Å². The number of methoxy groups -OCH3 is 1. The van der Waals surface area contributed by atoms with Crippen molar-refractivity contribution in [1.29, 1.82) is 0 Å². The minimum absolute atomic E-state index is 0.133. The number of anilines is 1. The summed E-state index contributed by atoms with van der Waals surface area (Å²) in [6, 6.07) is 5.13. The van der Waals surface area contributed by atoms with Crippen LogP contribution in [0.4, 0.5) is 19.0 Å². The number of hydrogen-bond donors (Lipinski definition) is 0. The van der Waals surface area contributed by atoms with Crippen LogP contribution in [0, 0.1) is 6.92 Å². The van der Waals surface area contributed by atoms with Crippen molar-refractivity contribution < 1.29 is 31.1 Å². The quantitative estimate of drug-likeness (QED) is 0.621. The molecule has 0 N–H and O–H groups in total. The summed E-state index contributed by atoms with van der Waals surface area (Å²) >= 11 is 0. The molecule has 1 aliphatic heterocycles. The van der Waals surface area contributed by atoms with E-state index in [0.717, 1.165) is 37.5 Å². The van der Waals surface area contributed by atoms with Gasteiger partial charge in [0.05, 0.1) is 34.6 Å². The first-order valence-electron chi connectivity index (χ1n) is 10.3. The second kappa shape index (κ2) is 8.09. The van der Waals surface area contributed by atoms with Crippen LogP contribution in [0.5, 0.6) is 0 Å². The van der Waals surface area contributed by atoms with Crippen LogP contribution in [0.2, 0.25) is 0 Å². The molecule has 4 rings (SSSR count). The normalized spacial score (nSPS) is 22.1. The lowest BCUT2D eigenvalue weighted by atomic mass is 9.93. The van der Waals surface area contributed by atoms with E-state index in [0.29, 0.717) is 11.5 Å². The summed E-state index contributed by atoms with van der Waals surface area (Å²) in [4.78, 5) is 13.4. The van der Waals surface area contributed by atoms with Crippen molar-refractivity contribution in [3.63, 3.8) is 0 Å². The van der Waals surface area contributed by atoms with Gasteiger partial charge in [0.25, 0.3) is 0 Å². The maximum atomic E-state index is 13.5. The van der Waals surface area contributed by atoms with Crippen LogP contribution >= 0.6 is 0 Å². The molecule has 174 valence electrons. The Morgan fingerprint density at radius 2 is 1.91 bits per heavy atom. The highest BCUT2D eigenvalue weighted by molar-refractivity contribution is 7.92. The van der Waals surface area contributed by atoms with Crippen LogP contribution < -0.4 is 4.90 Å². The number of carbonyl (C=O) groups excluding carboxylic acids is 1. The summed E-state index contributed by atoms with van der Waals surface area (Å²) in [5.74, 6) is -0.0461. The van der Waals surface area contributed by atoms with Gasteiger partial charge >= 0.3 is 12.1 Å². The Hall–Kier alpha value is -2.56. The number of benzene rings is 1. The zero-order valence-corrected chi connectivity index (χ0v) is 18.5. The van der Waals surface area contributed by atoms with Gasteiger partial charge < -0.3 is 9.64 Å². The molecule has 2 aliphatic rings. The molecule has 2 atom stereocenters. The van der Waals surface area contributed by atoms with E-state index in [2.05, 4.69) is 5.10 Å². The predicted molar refractivity (Wildman–Crippen MR) is 110 cm³/mol. The van der Waals surface area contributed by atoms with Gasteiger partial charge in [-0.15, -0.1) is 0 Å². The van der Waals surface area contributed by atoms with Crippen LogP contribution in [-0.2, 0) is 25.5 Å². The van der Waals surface area contributed by atoms with Crippen LogP contribution in [-0.4, -0.2) is 49.1 Å². The molecule has 1 saturated carbocycles. The van der Waals surface area contributed by atoms with Gasteiger partial charge in [-0.05, 0) is 44.7 Å². The number of esters is 1. The van der Waals surface area contributed by atoms with Crippen molar-refractivity contribution in [2.24, 2.45) is 0 Å². The highest BCUT2D eigenvalue weighted by Crippen LogP contribution is 2.40. The number of sulfone groups is 1. The van der Waals surface area contributed by atoms with E-state index in [1.54, 1.807) is 22.6 Å². The smallest absolute Gasteiger partial charge is 0.417 e. The zero-order chi connectivity index (χ0) is 23.3. The molecule has 2 heterocycles. The Bertz CT molecular complexity index is 1130. The van der Waals surface area contributed by atoms with Gasteiger partial charge in [-0.25, -0.2) is 17.9 Å². The third-order valence-electron chi connectivity index (χ3n) is 6.23. The van der Waals surface area contributed by atoms with Crippen LogP contribution in [0.15, 0.2) is 35.2 Å². The van der Waals surface area contributed by atoms with E-state index in [1.165, 1.54) is 13.2 Å². The first kappa shape index (κ1) is 22.6. The molecule has 0 bridgehead atoms. The van der Waals surface area contributed by atoms with Gasteiger partial charge in [-0.1, -0.05) is 12.1 Å². The van der Waals surface area contributed by atoms with E-state index < -0.39 is 43.7 Å². The molecule has 0 amide bonds. The summed E-state index contributed by atoms with van der Waals surface area (Å²) in [7, 11) is -3.18. The largest absolute Gasteiger partial charge is 0.467 e. The fourth-order valence-electron chi connectivity index (χ4n) is 4.38. The van der Waals surface area contributed by atoms with Crippen LogP contribution in [0.3, 0.4) is 0 Å². The first-order chi connectivity index (χ1) is 15.0. The van der Waals surface area contributed by atoms with Gasteiger partial charge in [0, 0.05) is 12.6 Å². The van der Waals surface area contributed by atoms with Crippen LogP contribution in [0.25, 0.3) is 0 Å². The van der Waals surface area contributed by atoms with E-state index in [-0.39, 0.29) is 19.0 Å². The third-order valence-corrected chi connectivity index (χ3v) is 8.42. The number of carbonyl (C=O) groups is 1. The number of rotatable bonds is 5. The lowest BCUT2D eigenvalue weighted by molar-refractivity contribution is -0.142. The lowest BCUT2D eigenvalue weighted by Gasteiger charge is -2.32. The molecule has 1 aliphatic carbocycles. The number of alkyl halides is 3. The molecule has 0 spiro atoms. The lowest BCUT2D eigenvalue weighted by Crippen LogP contribution is -2.39. The van der Waals surface area contributed by atoms with E-state index in [4.69, 9.17) is 4.74 Å². The number of ether oxygens (including phenoxy) is 1. The second-order valence-corrected chi connectivity index (χ2v) is 10.5. The van der Waals surface area contributed by atoms with E-state index in [9.17, 15) is 26.4 Å². The number of aryl methyl sites for hydroxylation is 1. The molecular formula is C21H24F3N3O4S. The van der Waals surface area contributed by atoms with E-state index >= 15 is 0 Å². The van der Waals surface area contributed by atoms with Gasteiger partial charge in [0.1, 0.15) is 11.9 Å². The molecule has 11 heteroatoms. The summed E-state index contributed by atoms with van der Waals surface area (Å²) in [5, 5.41) is 3.31. The topological polar surface area (TPSA) is 81.5 Å². The molecule has 2 aromatic rings. The van der Waals surface area contributed by atoms with Gasteiger partial charge in [-0.2, -0.15) is 18.3 Å². The van der Waals surface area contributed by atoms with Crippen molar-refractivity contribution in [3.8, 4) is 0 Å². The summed E-state index contributed by atoms with van der Waals surface area (Å²) in [6.07, 6.45) is -2.09. The standard InChI is InChI=1S/C21H24F3N3O4S/c1-13-10-19(27(25-13)14-6-5-7-14)26-12-15(11-17(26)20(28)31-2)32(29,30)18-9-4-3-8-16(18)21(22,23)24/h3-4,8-10,14-15,17H,5-7,11-12H2,1-2H3/t15-,17-/m1/s1.